The monoisotopic (exact) mass is 419 g/mol. The molecule has 3 rings (SSSR count). The molecule has 29 heavy (non-hydrogen) atoms. The summed E-state index contributed by atoms with van der Waals surface area (Å²) < 4.78 is 22.4. The summed E-state index contributed by atoms with van der Waals surface area (Å²) in [6, 6.07) is 6.12. The molecule has 0 spiro atoms. The number of nitrogens with zero attached hydrogens (tertiary/aromatic N) is 3. The van der Waals surface area contributed by atoms with Crippen molar-refractivity contribution in [1.29, 1.82) is 0 Å². The van der Waals surface area contributed by atoms with Gasteiger partial charge in [-0.25, -0.2) is 9.18 Å². The summed E-state index contributed by atoms with van der Waals surface area (Å²) in [6.45, 7) is 5.86. The molecule has 0 unspecified atom stereocenters. The Morgan fingerprint density at radius 3 is 2.72 bits per heavy atom. The normalized spacial score (nSPS) is 11.7. The van der Waals surface area contributed by atoms with E-state index >= 15 is 0 Å². The SMILES string of the molecule is COC(=O)n1cc(-c2c(F)cccc2Cl)cc1-c1cnn(CCC(C)(C)O)c1C. The fourth-order valence-corrected chi connectivity index (χ4v) is 3.41. The molecule has 1 aromatic carbocycles. The molecular formula is C21H23ClFN3O3. The Labute approximate surface area is 173 Å². The third-order valence-electron chi connectivity index (χ3n) is 4.76. The van der Waals surface area contributed by atoms with Crippen molar-refractivity contribution in [3.8, 4) is 22.4 Å². The Morgan fingerprint density at radius 2 is 2.10 bits per heavy atom. The van der Waals surface area contributed by atoms with E-state index in [2.05, 4.69) is 5.10 Å². The van der Waals surface area contributed by atoms with E-state index < -0.39 is 17.5 Å². The number of carbonyl (C=O) groups is 1. The quantitative estimate of drug-likeness (QED) is 0.638. The van der Waals surface area contributed by atoms with E-state index in [4.69, 9.17) is 16.3 Å². The Hall–Kier alpha value is -2.64. The molecule has 8 heteroatoms. The van der Waals surface area contributed by atoms with Gasteiger partial charge >= 0.3 is 6.09 Å². The summed E-state index contributed by atoms with van der Waals surface area (Å²) in [7, 11) is 1.28. The topological polar surface area (TPSA) is 69.3 Å². The zero-order valence-electron chi connectivity index (χ0n) is 16.7. The van der Waals surface area contributed by atoms with Crippen LogP contribution in [0.2, 0.25) is 5.02 Å². The minimum Gasteiger partial charge on any atom is -0.452 e. The van der Waals surface area contributed by atoms with E-state index in [9.17, 15) is 14.3 Å². The van der Waals surface area contributed by atoms with Crippen molar-refractivity contribution in [3.63, 3.8) is 0 Å². The van der Waals surface area contributed by atoms with Crippen LogP contribution < -0.4 is 0 Å². The largest absolute Gasteiger partial charge is 0.452 e. The van der Waals surface area contributed by atoms with Crippen LogP contribution in [0.25, 0.3) is 22.4 Å². The fraction of sp³-hybridized carbons (Fsp3) is 0.333. The summed E-state index contributed by atoms with van der Waals surface area (Å²) >= 11 is 6.20. The summed E-state index contributed by atoms with van der Waals surface area (Å²) in [5.41, 5.74) is 1.87. The molecule has 2 aromatic heterocycles. The number of methoxy groups -OCH3 is 1. The molecule has 6 nitrogen and oxygen atoms in total. The van der Waals surface area contributed by atoms with Crippen LogP contribution in [0, 0.1) is 12.7 Å². The number of hydrogen-bond acceptors (Lipinski definition) is 4. The number of hydrogen-bond donors (Lipinski definition) is 1. The maximum absolute atomic E-state index is 14.4. The number of carbonyl (C=O) groups excluding carboxylic acids is 1. The number of benzene rings is 1. The summed E-state index contributed by atoms with van der Waals surface area (Å²) in [6.07, 6.45) is 3.05. The van der Waals surface area contributed by atoms with Crippen molar-refractivity contribution < 1.29 is 19.0 Å². The first-order valence-corrected chi connectivity index (χ1v) is 9.50. The van der Waals surface area contributed by atoms with Crippen LogP contribution in [0.1, 0.15) is 26.0 Å². The van der Waals surface area contributed by atoms with E-state index in [1.54, 1.807) is 36.9 Å². The molecule has 0 aliphatic carbocycles. The molecule has 0 saturated carbocycles. The molecule has 0 fully saturated rings. The molecule has 0 bridgehead atoms. The third kappa shape index (κ3) is 4.36. The second-order valence-electron chi connectivity index (χ2n) is 7.48. The lowest BCUT2D eigenvalue weighted by Crippen LogP contribution is -2.21. The zero-order chi connectivity index (χ0) is 21.3. The Balaban J connectivity index is 2.09. The molecule has 3 aromatic rings. The van der Waals surface area contributed by atoms with Gasteiger partial charge in [-0.15, -0.1) is 0 Å². The average Bonchev–Trinajstić information content (AvgIpc) is 3.22. The lowest BCUT2D eigenvalue weighted by Gasteiger charge is -2.17. The number of halogens is 2. The smallest absolute Gasteiger partial charge is 0.418 e. The van der Waals surface area contributed by atoms with E-state index in [1.165, 1.54) is 30.0 Å². The second-order valence-corrected chi connectivity index (χ2v) is 7.89. The van der Waals surface area contributed by atoms with Gasteiger partial charge in [0.1, 0.15) is 5.82 Å². The highest BCUT2D eigenvalue weighted by molar-refractivity contribution is 6.33. The Kier molecular flexibility index (Phi) is 5.82. The van der Waals surface area contributed by atoms with Crippen LogP contribution in [0.3, 0.4) is 0 Å². The molecule has 0 saturated heterocycles. The van der Waals surface area contributed by atoms with E-state index in [-0.39, 0.29) is 10.6 Å². The summed E-state index contributed by atoms with van der Waals surface area (Å²) in [5, 5.41) is 14.6. The highest BCUT2D eigenvalue weighted by atomic mass is 35.5. The first-order valence-electron chi connectivity index (χ1n) is 9.12. The van der Waals surface area contributed by atoms with Gasteiger partial charge < -0.3 is 9.84 Å². The van der Waals surface area contributed by atoms with Gasteiger partial charge in [-0.2, -0.15) is 5.10 Å². The van der Waals surface area contributed by atoms with Gasteiger partial charge in [-0.1, -0.05) is 17.7 Å². The van der Waals surface area contributed by atoms with Crippen molar-refractivity contribution in [2.75, 3.05) is 7.11 Å². The molecular weight excluding hydrogens is 397 g/mol. The van der Waals surface area contributed by atoms with Crippen LogP contribution >= 0.6 is 11.6 Å². The summed E-state index contributed by atoms with van der Waals surface area (Å²) in [4.78, 5) is 12.4. The molecule has 0 aliphatic rings. The number of aromatic nitrogens is 3. The third-order valence-corrected chi connectivity index (χ3v) is 5.07. The van der Waals surface area contributed by atoms with Gasteiger partial charge in [0.2, 0.25) is 0 Å². The van der Waals surface area contributed by atoms with Gasteiger partial charge in [-0.05, 0) is 45.4 Å². The van der Waals surface area contributed by atoms with Crippen LogP contribution in [0.5, 0.6) is 0 Å². The number of rotatable bonds is 5. The predicted octanol–water partition coefficient (Wildman–Crippen LogP) is 4.90. The van der Waals surface area contributed by atoms with Gasteiger partial charge in [0, 0.05) is 35.1 Å². The molecule has 2 heterocycles. The predicted molar refractivity (Wildman–Crippen MR) is 110 cm³/mol. The molecule has 1 N–H and O–H groups in total. The first-order chi connectivity index (χ1) is 13.6. The standard InChI is InChI=1S/C21H23ClFN3O3/c1-13-15(11-24-26(13)9-8-21(2,3)28)18-10-14(12-25(18)20(27)29-4)19-16(22)6-5-7-17(19)23/h5-7,10-12,28H,8-9H2,1-4H3. The first kappa shape index (κ1) is 21.1. The van der Waals surface area contributed by atoms with Gasteiger partial charge in [-0.3, -0.25) is 9.25 Å². The van der Waals surface area contributed by atoms with Gasteiger partial charge in [0.25, 0.3) is 0 Å². The van der Waals surface area contributed by atoms with Gasteiger partial charge in [0.15, 0.2) is 0 Å². The zero-order valence-corrected chi connectivity index (χ0v) is 17.5. The summed E-state index contributed by atoms with van der Waals surface area (Å²) in [5.74, 6) is -0.483. The molecule has 0 aliphatic heterocycles. The van der Waals surface area contributed by atoms with Crippen molar-refractivity contribution in [2.45, 2.75) is 39.3 Å². The Bertz CT molecular complexity index is 1030. The van der Waals surface area contributed by atoms with Crippen LogP contribution in [-0.2, 0) is 11.3 Å². The van der Waals surface area contributed by atoms with Crippen molar-refractivity contribution in [2.24, 2.45) is 0 Å². The van der Waals surface area contributed by atoms with Crippen molar-refractivity contribution in [3.05, 3.63) is 53.2 Å². The van der Waals surface area contributed by atoms with Crippen LogP contribution in [0.4, 0.5) is 9.18 Å². The number of aliphatic hydroxyl groups is 1. The minimum atomic E-state index is -0.820. The minimum absolute atomic E-state index is 0.213. The van der Waals surface area contributed by atoms with Crippen molar-refractivity contribution >= 4 is 17.7 Å². The molecule has 154 valence electrons. The maximum Gasteiger partial charge on any atom is 0.418 e. The molecule has 0 amide bonds. The highest BCUT2D eigenvalue weighted by Gasteiger charge is 2.22. The Morgan fingerprint density at radius 1 is 1.38 bits per heavy atom. The molecule has 0 atom stereocenters. The maximum atomic E-state index is 14.4. The van der Waals surface area contributed by atoms with Crippen LogP contribution in [-0.4, -0.2) is 38.3 Å². The van der Waals surface area contributed by atoms with Crippen molar-refractivity contribution in [1.82, 2.24) is 14.3 Å². The second kappa shape index (κ2) is 8.00. The lowest BCUT2D eigenvalue weighted by molar-refractivity contribution is 0.0649. The fourth-order valence-electron chi connectivity index (χ4n) is 3.13. The van der Waals surface area contributed by atoms with Gasteiger partial charge in [0.05, 0.1) is 29.6 Å². The van der Waals surface area contributed by atoms with E-state index in [0.717, 1.165) is 5.69 Å². The number of ether oxygens (including phenoxy) is 1. The van der Waals surface area contributed by atoms with E-state index in [1.807, 2.05) is 6.92 Å². The highest BCUT2D eigenvalue weighted by Crippen LogP contribution is 2.35. The average molecular weight is 420 g/mol. The number of aryl methyl sites for hydroxylation is 1. The lowest BCUT2D eigenvalue weighted by atomic mass is 10.1. The van der Waals surface area contributed by atoms with E-state index in [0.29, 0.717) is 29.8 Å². The van der Waals surface area contributed by atoms with Crippen LogP contribution in [0.15, 0.2) is 36.7 Å². The molecule has 0 radical (unpaired) electrons.